The summed E-state index contributed by atoms with van der Waals surface area (Å²) in [4.78, 5) is 16.5. The maximum atomic E-state index is 13.8. The number of urea groups is 1. The monoisotopic (exact) mass is 405 g/mol. The Morgan fingerprint density at radius 1 is 1.28 bits per heavy atom. The zero-order valence-electron chi connectivity index (χ0n) is 16.1. The van der Waals surface area contributed by atoms with Crippen molar-refractivity contribution in [2.75, 3.05) is 44.6 Å². The molecule has 2 fully saturated rings. The van der Waals surface area contributed by atoms with Gasteiger partial charge in [-0.25, -0.2) is 13.6 Å². The highest BCUT2D eigenvalue weighted by molar-refractivity contribution is 5.89. The molecule has 0 bridgehead atoms. The lowest BCUT2D eigenvalue weighted by molar-refractivity contribution is 0.116. The van der Waals surface area contributed by atoms with Crippen LogP contribution in [0.5, 0.6) is 0 Å². The van der Waals surface area contributed by atoms with Crippen LogP contribution in [0, 0.1) is 23.0 Å². The van der Waals surface area contributed by atoms with E-state index < -0.39 is 17.7 Å². The fourth-order valence-corrected chi connectivity index (χ4v) is 4.52. The van der Waals surface area contributed by atoms with E-state index in [4.69, 9.17) is 0 Å². The van der Waals surface area contributed by atoms with Crippen molar-refractivity contribution in [3.05, 3.63) is 48.3 Å². The van der Waals surface area contributed by atoms with E-state index in [0.717, 1.165) is 44.3 Å². The first-order valence-corrected chi connectivity index (χ1v) is 9.81. The molecule has 2 amide bonds. The van der Waals surface area contributed by atoms with E-state index in [1.165, 1.54) is 0 Å². The summed E-state index contributed by atoms with van der Waals surface area (Å²) in [5, 5.41) is 16.7. The summed E-state index contributed by atoms with van der Waals surface area (Å²) in [5.41, 5.74) is -0.547. The first-order valence-electron chi connectivity index (χ1n) is 9.81. The second kappa shape index (κ2) is 8.08. The summed E-state index contributed by atoms with van der Waals surface area (Å²) < 4.78 is 29.0. The van der Waals surface area contributed by atoms with Gasteiger partial charge in [-0.15, -0.1) is 0 Å². The van der Waals surface area contributed by atoms with E-state index in [2.05, 4.69) is 15.3 Å². The van der Waals surface area contributed by atoms with Gasteiger partial charge in [0.15, 0.2) is 0 Å². The van der Waals surface area contributed by atoms with Crippen LogP contribution >= 0.6 is 0 Å². The molecule has 0 aliphatic carbocycles. The lowest BCUT2D eigenvalue weighted by atomic mass is 9.82. The van der Waals surface area contributed by atoms with E-state index in [1.54, 1.807) is 11.1 Å². The van der Waals surface area contributed by atoms with Crippen molar-refractivity contribution in [2.45, 2.75) is 13.0 Å². The van der Waals surface area contributed by atoms with Gasteiger partial charge in [-0.1, -0.05) is 0 Å². The van der Waals surface area contributed by atoms with E-state index in [1.807, 2.05) is 16.9 Å². The minimum atomic E-state index is -0.681. The molecule has 1 aromatic carbocycles. The summed E-state index contributed by atoms with van der Waals surface area (Å²) in [6.45, 7) is 4.13. The Kier molecular flexibility index (Phi) is 5.51. The molecular formula is C20H25F2N5O2. The molecule has 156 valence electrons. The number of carbonyl (C=O) groups excluding carboxylic acids is 1. The largest absolute Gasteiger partial charge is 0.396 e. The highest BCUT2D eigenvalue weighted by Crippen LogP contribution is 2.42. The Hall–Kier alpha value is -2.52. The second-order valence-electron chi connectivity index (χ2n) is 8.01. The Morgan fingerprint density at radius 3 is 2.86 bits per heavy atom. The van der Waals surface area contributed by atoms with Crippen LogP contribution < -0.4 is 5.32 Å². The molecule has 2 saturated heterocycles. The molecular weight excluding hydrogens is 380 g/mol. The molecule has 0 radical (unpaired) electrons. The number of nitrogens with zero attached hydrogens (tertiary/aromatic N) is 4. The smallest absolute Gasteiger partial charge is 0.321 e. The standard InChI is InChI=1S/C20H25F2N5O2/c21-16-3-4-17(22)18(9-16)24-19(29)26-11-15-10-25(12-20(15,13-26)14-28)6-2-8-27-7-1-5-23-27/h1,3-5,7,9,15,28H,2,6,8,10-14H2,(H,24,29). The highest BCUT2D eigenvalue weighted by Gasteiger charge is 2.53. The second-order valence-corrected chi connectivity index (χ2v) is 8.01. The highest BCUT2D eigenvalue weighted by atomic mass is 19.1. The molecule has 1 aromatic heterocycles. The summed E-state index contributed by atoms with van der Waals surface area (Å²) >= 11 is 0. The van der Waals surface area contributed by atoms with Gasteiger partial charge in [-0.3, -0.25) is 4.68 Å². The van der Waals surface area contributed by atoms with Gasteiger partial charge in [0.05, 0.1) is 12.3 Å². The lowest BCUT2D eigenvalue weighted by Gasteiger charge is -2.27. The van der Waals surface area contributed by atoms with Crippen molar-refractivity contribution < 1.29 is 18.7 Å². The Labute approximate surface area is 167 Å². The molecule has 4 rings (SSSR count). The molecule has 0 saturated carbocycles. The molecule has 2 N–H and O–H groups in total. The Balaban J connectivity index is 1.33. The van der Waals surface area contributed by atoms with Gasteiger partial charge in [0, 0.05) is 56.6 Å². The van der Waals surface area contributed by atoms with Gasteiger partial charge in [0.2, 0.25) is 0 Å². The van der Waals surface area contributed by atoms with Crippen molar-refractivity contribution in [3.63, 3.8) is 0 Å². The number of halogens is 2. The predicted octanol–water partition coefficient (Wildman–Crippen LogP) is 2.01. The molecule has 0 spiro atoms. The maximum Gasteiger partial charge on any atom is 0.321 e. The molecule has 2 aromatic rings. The van der Waals surface area contributed by atoms with E-state index in [9.17, 15) is 18.7 Å². The molecule has 2 unspecified atom stereocenters. The Morgan fingerprint density at radius 2 is 2.14 bits per heavy atom. The number of anilines is 1. The van der Waals surface area contributed by atoms with Crippen molar-refractivity contribution in [1.82, 2.24) is 19.6 Å². The van der Waals surface area contributed by atoms with Gasteiger partial charge in [-0.05, 0) is 37.1 Å². The summed E-state index contributed by atoms with van der Waals surface area (Å²) in [6, 6.07) is 4.39. The van der Waals surface area contributed by atoms with Crippen LogP contribution in [0.25, 0.3) is 0 Å². The fraction of sp³-hybridized carbons (Fsp3) is 0.500. The number of amides is 2. The van der Waals surface area contributed by atoms with Crippen LogP contribution in [-0.4, -0.2) is 70.0 Å². The van der Waals surface area contributed by atoms with Crippen LogP contribution in [0.1, 0.15) is 6.42 Å². The first-order chi connectivity index (χ1) is 14.0. The van der Waals surface area contributed by atoms with Crippen LogP contribution in [0.4, 0.5) is 19.3 Å². The number of carbonyl (C=O) groups is 1. The molecule has 7 nitrogen and oxygen atoms in total. The van der Waals surface area contributed by atoms with E-state index in [0.29, 0.717) is 19.6 Å². The Bertz CT molecular complexity index is 863. The number of aryl methyl sites for hydroxylation is 1. The van der Waals surface area contributed by atoms with Gasteiger partial charge < -0.3 is 20.2 Å². The third kappa shape index (κ3) is 4.11. The maximum absolute atomic E-state index is 13.8. The number of fused-ring (bicyclic) bond motifs is 1. The number of nitrogens with one attached hydrogen (secondary N) is 1. The zero-order valence-corrected chi connectivity index (χ0v) is 16.1. The third-order valence-corrected chi connectivity index (χ3v) is 6.02. The summed E-state index contributed by atoms with van der Waals surface area (Å²) in [5.74, 6) is -1.14. The van der Waals surface area contributed by atoms with Crippen molar-refractivity contribution in [3.8, 4) is 0 Å². The quantitative estimate of drug-likeness (QED) is 0.771. The molecule has 2 atom stereocenters. The summed E-state index contributed by atoms with van der Waals surface area (Å²) in [6.07, 6.45) is 4.65. The molecule has 29 heavy (non-hydrogen) atoms. The molecule has 9 heteroatoms. The minimum absolute atomic E-state index is 0.00850. The van der Waals surface area contributed by atoms with Gasteiger partial charge >= 0.3 is 6.03 Å². The SMILES string of the molecule is O=C(Nc1cc(F)ccc1F)N1CC2CN(CCCn3cccn3)CC2(CO)C1. The van der Waals surface area contributed by atoms with E-state index >= 15 is 0 Å². The number of hydrogen-bond donors (Lipinski definition) is 2. The average Bonchev–Trinajstić information content (AvgIpc) is 3.39. The first kappa shape index (κ1) is 19.8. The van der Waals surface area contributed by atoms with Gasteiger partial charge in [-0.2, -0.15) is 5.10 Å². The van der Waals surface area contributed by atoms with Crippen LogP contribution in [-0.2, 0) is 6.54 Å². The van der Waals surface area contributed by atoms with Crippen molar-refractivity contribution >= 4 is 11.7 Å². The number of aromatic nitrogens is 2. The minimum Gasteiger partial charge on any atom is -0.396 e. The molecule has 2 aliphatic heterocycles. The third-order valence-electron chi connectivity index (χ3n) is 6.02. The molecule has 3 heterocycles. The molecule has 2 aliphatic rings. The van der Waals surface area contributed by atoms with Crippen LogP contribution in [0.2, 0.25) is 0 Å². The number of aliphatic hydroxyl groups excluding tert-OH is 1. The van der Waals surface area contributed by atoms with Crippen molar-refractivity contribution in [1.29, 1.82) is 0 Å². The lowest BCUT2D eigenvalue weighted by Crippen LogP contribution is -2.40. The zero-order chi connectivity index (χ0) is 20.4. The number of likely N-dealkylation sites (tertiary alicyclic amines) is 2. The number of benzene rings is 1. The number of aliphatic hydroxyl groups is 1. The predicted molar refractivity (Wildman–Crippen MR) is 103 cm³/mol. The van der Waals surface area contributed by atoms with E-state index in [-0.39, 0.29) is 23.6 Å². The number of rotatable bonds is 6. The van der Waals surface area contributed by atoms with Crippen LogP contribution in [0.3, 0.4) is 0 Å². The average molecular weight is 405 g/mol. The number of hydrogen-bond acceptors (Lipinski definition) is 4. The fourth-order valence-electron chi connectivity index (χ4n) is 4.52. The topological polar surface area (TPSA) is 73.6 Å². The van der Waals surface area contributed by atoms with Crippen LogP contribution in [0.15, 0.2) is 36.7 Å². The summed E-state index contributed by atoms with van der Waals surface area (Å²) in [7, 11) is 0. The normalized spacial score (nSPS) is 24.1. The van der Waals surface area contributed by atoms with Crippen molar-refractivity contribution in [2.24, 2.45) is 11.3 Å². The van der Waals surface area contributed by atoms with Gasteiger partial charge in [0.25, 0.3) is 0 Å². The van der Waals surface area contributed by atoms with Gasteiger partial charge in [0.1, 0.15) is 11.6 Å².